The van der Waals surface area contributed by atoms with Crippen LogP contribution in [0.4, 0.5) is 5.69 Å². The molecule has 1 N–H and O–H groups in total. The first-order chi connectivity index (χ1) is 13.6. The molecule has 5 heteroatoms. The molecule has 0 aliphatic heterocycles. The lowest BCUT2D eigenvalue weighted by Gasteiger charge is -2.06. The molecular formula is C23H19ClN2O2. The number of nitrogens with one attached hydrogen (secondary N) is 1. The van der Waals surface area contributed by atoms with Gasteiger partial charge in [0, 0.05) is 22.7 Å². The van der Waals surface area contributed by atoms with Gasteiger partial charge in [0.1, 0.15) is 5.52 Å². The van der Waals surface area contributed by atoms with Crippen LogP contribution in [0, 0.1) is 0 Å². The molecule has 0 aliphatic rings. The molecular weight excluding hydrogens is 372 g/mol. The predicted molar refractivity (Wildman–Crippen MR) is 112 cm³/mol. The number of benzene rings is 3. The Morgan fingerprint density at radius 3 is 2.57 bits per heavy atom. The smallest absolute Gasteiger partial charge is 0.255 e. The minimum absolute atomic E-state index is 0.194. The van der Waals surface area contributed by atoms with Crippen LogP contribution in [0.15, 0.2) is 71.1 Å². The van der Waals surface area contributed by atoms with Gasteiger partial charge in [-0.05, 0) is 60.0 Å². The standard InChI is InChI=1S/C23H19ClN2O2/c1-2-15-8-11-21-20(12-15)26-22(28-21)13-16-6-9-19(10-7-16)25-23(27)17-4-3-5-18(24)14-17/h3-12,14H,2,13H2,1H3,(H,25,27). The summed E-state index contributed by atoms with van der Waals surface area (Å²) in [6, 6.07) is 20.6. The number of hydrogen-bond acceptors (Lipinski definition) is 3. The topological polar surface area (TPSA) is 55.1 Å². The summed E-state index contributed by atoms with van der Waals surface area (Å²) in [6.45, 7) is 2.12. The summed E-state index contributed by atoms with van der Waals surface area (Å²) in [5.74, 6) is 0.486. The fourth-order valence-electron chi connectivity index (χ4n) is 3.03. The van der Waals surface area contributed by atoms with E-state index in [4.69, 9.17) is 16.0 Å². The molecule has 1 amide bonds. The summed E-state index contributed by atoms with van der Waals surface area (Å²) < 4.78 is 5.84. The normalized spacial score (nSPS) is 10.9. The highest BCUT2D eigenvalue weighted by Gasteiger charge is 2.09. The van der Waals surface area contributed by atoms with Gasteiger partial charge in [-0.2, -0.15) is 0 Å². The zero-order valence-corrected chi connectivity index (χ0v) is 16.2. The fourth-order valence-corrected chi connectivity index (χ4v) is 3.22. The number of anilines is 1. The Kier molecular flexibility index (Phi) is 5.13. The number of halogens is 1. The van der Waals surface area contributed by atoms with Crippen LogP contribution in [0.1, 0.15) is 34.3 Å². The molecule has 0 saturated carbocycles. The Hall–Kier alpha value is -3.11. The zero-order chi connectivity index (χ0) is 19.5. The van der Waals surface area contributed by atoms with E-state index in [-0.39, 0.29) is 5.91 Å². The van der Waals surface area contributed by atoms with Crippen LogP contribution in [0.2, 0.25) is 5.02 Å². The third-order valence-electron chi connectivity index (χ3n) is 4.56. The average molecular weight is 391 g/mol. The van der Waals surface area contributed by atoms with Crippen molar-refractivity contribution in [1.29, 1.82) is 0 Å². The van der Waals surface area contributed by atoms with Crippen molar-refractivity contribution in [3.05, 3.63) is 94.3 Å². The second-order valence-corrected chi connectivity index (χ2v) is 7.04. The largest absolute Gasteiger partial charge is 0.440 e. The van der Waals surface area contributed by atoms with Gasteiger partial charge < -0.3 is 9.73 Å². The summed E-state index contributed by atoms with van der Waals surface area (Å²) in [5.41, 5.74) is 5.24. The van der Waals surface area contributed by atoms with Gasteiger partial charge in [0.15, 0.2) is 11.5 Å². The fraction of sp³-hybridized carbons (Fsp3) is 0.130. The van der Waals surface area contributed by atoms with Crippen LogP contribution in [0.5, 0.6) is 0 Å². The van der Waals surface area contributed by atoms with Crippen molar-refractivity contribution in [2.24, 2.45) is 0 Å². The van der Waals surface area contributed by atoms with E-state index in [1.807, 2.05) is 30.3 Å². The van der Waals surface area contributed by atoms with Crippen molar-refractivity contribution < 1.29 is 9.21 Å². The van der Waals surface area contributed by atoms with Crippen molar-refractivity contribution in [3.8, 4) is 0 Å². The molecule has 3 aromatic carbocycles. The lowest BCUT2D eigenvalue weighted by atomic mass is 10.1. The molecule has 0 bridgehead atoms. The molecule has 28 heavy (non-hydrogen) atoms. The molecule has 4 rings (SSSR count). The Morgan fingerprint density at radius 2 is 1.82 bits per heavy atom. The van der Waals surface area contributed by atoms with E-state index < -0.39 is 0 Å². The minimum atomic E-state index is -0.194. The van der Waals surface area contributed by atoms with E-state index in [2.05, 4.69) is 29.4 Å². The van der Waals surface area contributed by atoms with Crippen LogP contribution < -0.4 is 5.32 Å². The van der Waals surface area contributed by atoms with Crippen molar-refractivity contribution in [2.45, 2.75) is 19.8 Å². The first kappa shape index (κ1) is 18.3. The highest BCUT2D eigenvalue weighted by Crippen LogP contribution is 2.21. The van der Waals surface area contributed by atoms with Gasteiger partial charge in [-0.15, -0.1) is 0 Å². The van der Waals surface area contributed by atoms with Crippen molar-refractivity contribution in [3.63, 3.8) is 0 Å². The van der Waals surface area contributed by atoms with E-state index in [0.717, 1.165) is 28.8 Å². The summed E-state index contributed by atoms with van der Waals surface area (Å²) in [5, 5.41) is 3.41. The lowest BCUT2D eigenvalue weighted by Crippen LogP contribution is -2.11. The first-order valence-corrected chi connectivity index (χ1v) is 9.53. The van der Waals surface area contributed by atoms with E-state index in [9.17, 15) is 4.79 Å². The highest BCUT2D eigenvalue weighted by molar-refractivity contribution is 6.31. The first-order valence-electron chi connectivity index (χ1n) is 9.15. The molecule has 0 radical (unpaired) electrons. The Bertz CT molecular complexity index is 1130. The van der Waals surface area contributed by atoms with Crippen LogP contribution in [0.3, 0.4) is 0 Å². The van der Waals surface area contributed by atoms with Gasteiger partial charge in [0.05, 0.1) is 0 Å². The molecule has 0 spiro atoms. The number of fused-ring (bicyclic) bond motifs is 1. The number of nitrogens with zero attached hydrogens (tertiary/aromatic N) is 1. The SMILES string of the molecule is CCc1ccc2oc(Cc3ccc(NC(=O)c4cccc(Cl)c4)cc3)nc2c1. The molecule has 140 valence electrons. The third-order valence-corrected chi connectivity index (χ3v) is 4.79. The Balaban J connectivity index is 1.45. The second kappa shape index (κ2) is 7.87. The van der Waals surface area contributed by atoms with Crippen LogP contribution >= 0.6 is 11.6 Å². The second-order valence-electron chi connectivity index (χ2n) is 6.60. The molecule has 0 unspecified atom stereocenters. The minimum Gasteiger partial charge on any atom is -0.440 e. The van der Waals surface area contributed by atoms with E-state index >= 15 is 0 Å². The summed E-state index contributed by atoms with van der Waals surface area (Å²) in [4.78, 5) is 16.9. The molecule has 1 heterocycles. The molecule has 0 aliphatic carbocycles. The number of oxazole rings is 1. The number of rotatable bonds is 5. The van der Waals surface area contributed by atoms with Gasteiger partial charge in [-0.3, -0.25) is 4.79 Å². The molecule has 4 nitrogen and oxygen atoms in total. The number of amides is 1. The van der Waals surface area contributed by atoms with Gasteiger partial charge in [0.2, 0.25) is 0 Å². The number of aromatic nitrogens is 1. The van der Waals surface area contributed by atoms with Crippen LogP contribution in [0.25, 0.3) is 11.1 Å². The van der Waals surface area contributed by atoms with Crippen molar-refractivity contribution in [1.82, 2.24) is 4.98 Å². The molecule has 1 aromatic heterocycles. The van der Waals surface area contributed by atoms with Gasteiger partial charge in [-0.1, -0.05) is 42.8 Å². The van der Waals surface area contributed by atoms with E-state index in [1.165, 1.54) is 5.56 Å². The van der Waals surface area contributed by atoms with Gasteiger partial charge in [0.25, 0.3) is 5.91 Å². The zero-order valence-electron chi connectivity index (χ0n) is 15.4. The Morgan fingerprint density at radius 1 is 1.04 bits per heavy atom. The highest BCUT2D eigenvalue weighted by atomic mass is 35.5. The van der Waals surface area contributed by atoms with Gasteiger partial charge in [-0.25, -0.2) is 4.98 Å². The lowest BCUT2D eigenvalue weighted by molar-refractivity contribution is 0.102. The average Bonchev–Trinajstić information content (AvgIpc) is 3.10. The molecule has 0 atom stereocenters. The maximum Gasteiger partial charge on any atom is 0.255 e. The monoisotopic (exact) mass is 390 g/mol. The molecule has 4 aromatic rings. The van der Waals surface area contributed by atoms with Crippen LogP contribution in [-0.4, -0.2) is 10.9 Å². The summed E-state index contributed by atoms with van der Waals surface area (Å²) >= 11 is 5.94. The van der Waals surface area contributed by atoms with E-state index in [1.54, 1.807) is 24.3 Å². The van der Waals surface area contributed by atoms with E-state index in [0.29, 0.717) is 22.9 Å². The number of aryl methyl sites for hydroxylation is 1. The predicted octanol–water partition coefficient (Wildman–Crippen LogP) is 5.89. The maximum absolute atomic E-state index is 12.3. The number of carbonyl (C=O) groups is 1. The van der Waals surface area contributed by atoms with Crippen molar-refractivity contribution in [2.75, 3.05) is 5.32 Å². The third kappa shape index (κ3) is 4.07. The molecule has 0 fully saturated rings. The number of hydrogen-bond donors (Lipinski definition) is 1. The van der Waals surface area contributed by atoms with Gasteiger partial charge >= 0.3 is 0 Å². The van der Waals surface area contributed by atoms with Crippen LogP contribution in [-0.2, 0) is 12.8 Å². The number of carbonyl (C=O) groups excluding carboxylic acids is 1. The summed E-state index contributed by atoms with van der Waals surface area (Å²) in [6.07, 6.45) is 1.57. The quantitative estimate of drug-likeness (QED) is 0.462. The summed E-state index contributed by atoms with van der Waals surface area (Å²) in [7, 11) is 0. The Labute approximate surface area is 168 Å². The molecule has 0 saturated heterocycles. The maximum atomic E-state index is 12.3. The van der Waals surface area contributed by atoms with Crippen molar-refractivity contribution >= 4 is 34.3 Å².